The number of carbonyl (C=O) groups excluding carboxylic acids is 1. The van der Waals surface area contributed by atoms with E-state index in [2.05, 4.69) is 32.7 Å². The van der Waals surface area contributed by atoms with Gasteiger partial charge in [0.25, 0.3) is 0 Å². The summed E-state index contributed by atoms with van der Waals surface area (Å²) in [7, 11) is 3.64. The van der Waals surface area contributed by atoms with Crippen molar-refractivity contribution in [2.45, 2.75) is 52.2 Å². The number of rotatable bonds is 6. The molecule has 1 fully saturated rings. The summed E-state index contributed by atoms with van der Waals surface area (Å²) in [5.74, 6) is -0.0139. The second kappa shape index (κ2) is 8.11. The highest BCUT2D eigenvalue weighted by Gasteiger charge is 2.29. The Labute approximate surface area is 129 Å². The van der Waals surface area contributed by atoms with Crippen molar-refractivity contribution < 1.29 is 14.6 Å². The number of piperidine rings is 1. The quantitative estimate of drug-likeness (QED) is 0.804. The minimum atomic E-state index is -0.481. The summed E-state index contributed by atoms with van der Waals surface area (Å²) in [5, 5.41) is 10.3. The maximum Gasteiger partial charge on any atom is 0.248 e. The van der Waals surface area contributed by atoms with Gasteiger partial charge in [-0.25, -0.2) is 0 Å². The Morgan fingerprint density at radius 2 is 1.95 bits per heavy atom. The van der Waals surface area contributed by atoms with Crippen molar-refractivity contribution in [2.24, 2.45) is 5.41 Å². The Morgan fingerprint density at radius 3 is 2.43 bits per heavy atom. The minimum Gasteiger partial charge on any atom is -0.391 e. The Kier molecular flexibility index (Phi) is 7.10. The van der Waals surface area contributed by atoms with Crippen LogP contribution in [-0.4, -0.2) is 73.4 Å². The largest absolute Gasteiger partial charge is 0.391 e. The Morgan fingerprint density at radius 1 is 1.38 bits per heavy atom. The molecule has 1 N–H and O–H groups in total. The van der Waals surface area contributed by atoms with Gasteiger partial charge in [-0.2, -0.15) is 0 Å². The van der Waals surface area contributed by atoms with Crippen LogP contribution in [0.2, 0.25) is 0 Å². The van der Waals surface area contributed by atoms with Crippen LogP contribution in [0.1, 0.15) is 40.0 Å². The first-order valence-electron chi connectivity index (χ1n) is 7.88. The van der Waals surface area contributed by atoms with Gasteiger partial charge in [-0.15, -0.1) is 0 Å². The molecule has 0 aromatic rings. The second-order valence-electron chi connectivity index (χ2n) is 7.43. The molecule has 0 aromatic carbocycles. The highest BCUT2D eigenvalue weighted by atomic mass is 16.5. The predicted octanol–water partition coefficient (Wildman–Crippen LogP) is 1.35. The van der Waals surface area contributed by atoms with Crippen molar-refractivity contribution in [3.8, 4) is 0 Å². The van der Waals surface area contributed by atoms with Crippen molar-refractivity contribution in [2.75, 3.05) is 40.4 Å². The molecule has 1 heterocycles. The van der Waals surface area contributed by atoms with E-state index < -0.39 is 6.10 Å². The second-order valence-corrected chi connectivity index (χ2v) is 7.43. The third-order valence-corrected chi connectivity index (χ3v) is 3.97. The molecule has 5 nitrogen and oxygen atoms in total. The van der Waals surface area contributed by atoms with Crippen molar-refractivity contribution in [3.63, 3.8) is 0 Å². The maximum absolute atomic E-state index is 12.3. The first-order chi connectivity index (χ1) is 9.73. The van der Waals surface area contributed by atoms with Gasteiger partial charge in [-0.1, -0.05) is 20.8 Å². The van der Waals surface area contributed by atoms with Gasteiger partial charge < -0.3 is 19.6 Å². The fourth-order valence-electron chi connectivity index (χ4n) is 2.97. The number of carbonyl (C=O) groups is 1. The number of nitrogens with zero attached hydrogens (tertiary/aromatic N) is 2. The van der Waals surface area contributed by atoms with Gasteiger partial charge in [0.1, 0.15) is 6.61 Å². The standard InChI is InChI=1S/C16H32N2O3/c1-16(2,3)10-14(19)11-18(15(20)12-21-5)13-6-8-17(4)9-7-13/h13-14,19H,6-12H2,1-5H3. The molecule has 0 saturated carbocycles. The molecular formula is C16H32N2O3. The lowest BCUT2D eigenvalue weighted by Crippen LogP contribution is -2.50. The molecule has 1 atom stereocenters. The Balaban J connectivity index is 2.66. The molecule has 1 rings (SSSR count). The number of likely N-dealkylation sites (tertiary alicyclic amines) is 1. The number of amides is 1. The molecule has 0 spiro atoms. The van der Waals surface area contributed by atoms with E-state index in [0.29, 0.717) is 13.0 Å². The average Bonchev–Trinajstić information content (AvgIpc) is 2.35. The van der Waals surface area contributed by atoms with E-state index in [1.807, 2.05) is 4.90 Å². The molecule has 0 aromatic heterocycles. The van der Waals surface area contributed by atoms with Gasteiger partial charge in [-0.3, -0.25) is 4.79 Å². The number of hydrogen-bond acceptors (Lipinski definition) is 4. The third kappa shape index (κ3) is 6.76. The SMILES string of the molecule is COCC(=O)N(CC(O)CC(C)(C)C)C1CCN(C)CC1. The van der Waals surface area contributed by atoms with Crippen LogP contribution in [0.25, 0.3) is 0 Å². The van der Waals surface area contributed by atoms with Gasteiger partial charge in [0.2, 0.25) is 5.91 Å². The fraction of sp³-hybridized carbons (Fsp3) is 0.938. The molecule has 124 valence electrons. The van der Waals surface area contributed by atoms with E-state index >= 15 is 0 Å². The van der Waals surface area contributed by atoms with Crippen LogP contribution in [-0.2, 0) is 9.53 Å². The van der Waals surface area contributed by atoms with Crippen LogP contribution >= 0.6 is 0 Å². The smallest absolute Gasteiger partial charge is 0.248 e. The summed E-state index contributed by atoms with van der Waals surface area (Å²) < 4.78 is 5.00. The molecule has 0 bridgehead atoms. The van der Waals surface area contributed by atoms with Crippen LogP contribution in [0, 0.1) is 5.41 Å². The van der Waals surface area contributed by atoms with Crippen molar-refractivity contribution in [3.05, 3.63) is 0 Å². The lowest BCUT2D eigenvalue weighted by Gasteiger charge is -2.39. The van der Waals surface area contributed by atoms with E-state index in [1.165, 1.54) is 7.11 Å². The first-order valence-corrected chi connectivity index (χ1v) is 7.88. The van der Waals surface area contributed by atoms with Gasteiger partial charge in [0.05, 0.1) is 6.10 Å². The molecule has 5 heteroatoms. The van der Waals surface area contributed by atoms with Crippen LogP contribution in [0.5, 0.6) is 0 Å². The lowest BCUT2D eigenvalue weighted by atomic mass is 9.89. The Hall–Kier alpha value is -0.650. The van der Waals surface area contributed by atoms with Crippen molar-refractivity contribution >= 4 is 5.91 Å². The average molecular weight is 300 g/mol. The number of ether oxygens (including phenoxy) is 1. The molecule has 1 aliphatic rings. The number of aliphatic hydroxyl groups excluding tert-OH is 1. The molecule has 1 unspecified atom stereocenters. The number of hydrogen-bond donors (Lipinski definition) is 1. The van der Waals surface area contributed by atoms with Gasteiger partial charge in [0.15, 0.2) is 0 Å². The zero-order valence-corrected chi connectivity index (χ0v) is 14.3. The van der Waals surface area contributed by atoms with Crippen LogP contribution in [0.3, 0.4) is 0 Å². The summed E-state index contributed by atoms with van der Waals surface area (Å²) >= 11 is 0. The molecule has 1 amide bonds. The molecule has 0 aliphatic carbocycles. The minimum absolute atomic E-state index is 0.0139. The molecular weight excluding hydrogens is 268 g/mol. The monoisotopic (exact) mass is 300 g/mol. The maximum atomic E-state index is 12.3. The molecule has 1 saturated heterocycles. The number of aliphatic hydroxyl groups is 1. The van der Waals surface area contributed by atoms with Crippen LogP contribution in [0.4, 0.5) is 0 Å². The Bertz CT molecular complexity index is 320. The number of methoxy groups -OCH3 is 1. The van der Waals surface area contributed by atoms with Gasteiger partial charge in [-0.05, 0) is 44.8 Å². The summed E-state index contributed by atoms with van der Waals surface area (Å²) in [4.78, 5) is 16.4. The van der Waals surface area contributed by atoms with E-state index in [-0.39, 0.29) is 24.0 Å². The fourth-order valence-corrected chi connectivity index (χ4v) is 2.97. The molecule has 0 radical (unpaired) electrons. The highest BCUT2D eigenvalue weighted by Crippen LogP contribution is 2.23. The third-order valence-electron chi connectivity index (χ3n) is 3.97. The first kappa shape index (κ1) is 18.4. The predicted molar refractivity (Wildman–Crippen MR) is 84.2 cm³/mol. The zero-order chi connectivity index (χ0) is 16.0. The van der Waals surface area contributed by atoms with Gasteiger partial charge in [0, 0.05) is 19.7 Å². The summed E-state index contributed by atoms with van der Waals surface area (Å²) in [6.07, 6.45) is 2.14. The highest BCUT2D eigenvalue weighted by molar-refractivity contribution is 5.77. The summed E-state index contributed by atoms with van der Waals surface area (Å²) in [6.45, 7) is 8.81. The topological polar surface area (TPSA) is 53.0 Å². The van der Waals surface area contributed by atoms with Crippen LogP contribution < -0.4 is 0 Å². The summed E-state index contributed by atoms with van der Waals surface area (Å²) in [5.41, 5.74) is 0.0577. The zero-order valence-electron chi connectivity index (χ0n) is 14.3. The normalized spacial score (nSPS) is 19.5. The van der Waals surface area contributed by atoms with E-state index in [4.69, 9.17) is 4.74 Å². The van der Waals surface area contributed by atoms with E-state index in [1.54, 1.807) is 0 Å². The van der Waals surface area contributed by atoms with Crippen molar-refractivity contribution in [1.82, 2.24) is 9.80 Å². The van der Waals surface area contributed by atoms with Crippen molar-refractivity contribution in [1.29, 1.82) is 0 Å². The van der Waals surface area contributed by atoms with Gasteiger partial charge >= 0.3 is 0 Å². The van der Waals surface area contributed by atoms with E-state index in [0.717, 1.165) is 25.9 Å². The molecule has 1 aliphatic heterocycles. The summed E-state index contributed by atoms with van der Waals surface area (Å²) in [6, 6.07) is 0.221. The molecule has 21 heavy (non-hydrogen) atoms. The van der Waals surface area contributed by atoms with E-state index in [9.17, 15) is 9.90 Å². The van der Waals surface area contributed by atoms with Crippen LogP contribution in [0.15, 0.2) is 0 Å². The lowest BCUT2D eigenvalue weighted by molar-refractivity contribution is -0.140.